The van der Waals surface area contributed by atoms with Gasteiger partial charge in [0, 0.05) is 18.7 Å². The summed E-state index contributed by atoms with van der Waals surface area (Å²) in [7, 11) is -2.29. The lowest BCUT2D eigenvalue weighted by molar-refractivity contribution is -0.121. The maximum Gasteiger partial charge on any atom is 0.235 e. The predicted octanol–water partition coefficient (Wildman–Crippen LogP) is 0.269. The van der Waals surface area contributed by atoms with Gasteiger partial charge in [0.05, 0.1) is 5.41 Å². The summed E-state index contributed by atoms with van der Waals surface area (Å²) in [6, 6.07) is 7.47. The molecule has 1 aromatic rings. The lowest BCUT2D eigenvalue weighted by Crippen LogP contribution is -2.47. The predicted molar refractivity (Wildman–Crippen MR) is 67.9 cm³/mol. The Morgan fingerprint density at radius 2 is 2.00 bits per heavy atom. The summed E-state index contributed by atoms with van der Waals surface area (Å²) in [6.07, 6.45) is 0.822. The van der Waals surface area contributed by atoms with Crippen molar-refractivity contribution in [3.63, 3.8) is 0 Å². The van der Waals surface area contributed by atoms with Crippen molar-refractivity contribution in [2.75, 3.05) is 11.9 Å². The molecule has 2 aliphatic heterocycles. The number of nitrogens with one attached hydrogen (secondary N) is 2. The second kappa shape index (κ2) is 3.93. The van der Waals surface area contributed by atoms with Crippen LogP contribution in [0.15, 0.2) is 24.3 Å². The lowest BCUT2D eigenvalue weighted by atomic mass is 9.74. The summed E-state index contributed by atoms with van der Waals surface area (Å²) < 4.78 is 22.2. The van der Waals surface area contributed by atoms with Crippen LogP contribution in [0.1, 0.15) is 18.4 Å². The molecular formula is C12H12N2O3S. The number of amides is 1. The number of benzene rings is 1. The van der Waals surface area contributed by atoms with Gasteiger partial charge in [-0.3, -0.25) is 10.1 Å². The normalized spacial score (nSPS) is 26.0. The molecule has 5 nitrogen and oxygen atoms in total. The molecule has 0 radical (unpaired) electrons. The molecule has 0 aromatic heterocycles. The fraction of sp³-hybridized carbons (Fsp3) is 0.333. The quantitative estimate of drug-likeness (QED) is 0.660. The number of hydrogen-bond acceptors (Lipinski definition) is 3. The third-order valence-electron chi connectivity index (χ3n) is 3.66. The second-order valence-corrected chi connectivity index (χ2v) is 5.56. The maximum atomic E-state index is 12.2. The molecule has 1 unspecified atom stereocenters. The molecule has 0 aliphatic carbocycles. The van der Waals surface area contributed by atoms with E-state index in [9.17, 15) is 13.2 Å². The Balaban J connectivity index is 2.15. The van der Waals surface area contributed by atoms with Gasteiger partial charge in [0.25, 0.3) is 0 Å². The van der Waals surface area contributed by atoms with Crippen LogP contribution in [0.2, 0.25) is 0 Å². The summed E-state index contributed by atoms with van der Waals surface area (Å²) >= 11 is 0. The second-order valence-electron chi connectivity index (χ2n) is 4.59. The Bertz CT molecular complexity index is 658. The molecule has 0 bridgehead atoms. The van der Waals surface area contributed by atoms with Gasteiger partial charge in [-0.25, -0.2) is 0 Å². The molecule has 6 heteroatoms. The molecule has 1 spiro atoms. The number of rotatable bonds is 0. The van der Waals surface area contributed by atoms with Crippen LogP contribution >= 0.6 is 0 Å². The maximum absolute atomic E-state index is 12.2. The van der Waals surface area contributed by atoms with Crippen LogP contribution in [-0.4, -0.2) is 25.9 Å². The average Bonchev–Trinajstić information content (AvgIpc) is 2.63. The first-order valence-corrected chi connectivity index (χ1v) is 6.81. The molecule has 1 saturated heterocycles. The summed E-state index contributed by atoms with van der Waals surface area (Å²) in [5, 5.41) is 5.68. The Kier molecular flexibility index (Phi) is 2.49. The Hall–Kier alpha value is -1.66. The molecule has 94 valence electrons. The molecular weight excluding hydrogens is 252 g/mol. The minimum absolute atomic E-state index is 0.104. The van der Waals surface area contributed by atoms with E-state index in [-0.39, 0.29) is 17.3 Å². The van der Waals surface area contributed by atoms with Crippen LogP contribution in [0.25, 0.3) is 0 Å². The Morgan fingerprint density at radius 3 is 2.78 bits per heavy atom. The highest BCUT2D eigenvalue weighted by molar-refractivity contribution is 7.72. The van der Waals surface area contributed by atoms with Crippen molar-refractivity contribution in [1.82, 2.24) is 5.32 Å². The van der Waals surface area contributed by atoms with Crippen LogP contribution in [0, 0.1) is 0 Å². The van der Waals surface area contributed by atoms with Gasteiger partial charge in [-0.15, -0.1) is 0 Å². The van der Waals surface area contributed by atoms with Crippen molar-refractivity contribution in [3.8, 4) is 0 Å². The summed E-state index contributed by atoms with van der Waals surface area (Å²) in [5.41, 5.74) is 0.969. The summed E-state index contributed by atoms with van der Waals surface area (Å²) in [6.45, 7) is 0.491. The van der Waals surface area contributed by atoms with Crippen LogP contribution in [0.4, 0.5) is 5.69 Å². The van der Waals surface area contributed by atoms with Crippen molar-refractivity contribution in [1.29, 1.82) is 0 Å². The third-order valence-corrected chi connectivity index (χ3v) is 4.35. The summed E-state index contributed by atoms with van der Waals surface area (Å²) in [4.78, 5) is 12.4. The first-order valence-electron chi connectivity index (χ1n) is 5.73. The van der Waals surface area contributed by atoms with Crippen LogP contribution in [0.3, 0.4) is 0 Å². The van der Waals surface area contributed by atoms with Crippen molar-refractivity contribution in [2.24, 2.45) is 0 Å². The van der Waals surface area contributed by atoms with Gasteiger partial charge < -0.3 is 5.32 Å². The van der Waals surface area contributed by atoms with E-state index in [0.717, 1.165) is 11.3 Å². The lowest BCUT2D eigenvalue weighted by Gasteiger charge is -2.31. The van der Waals surface area contributed by atoms with Crippen molar-refractivity contribution in [2.45, 2.75) is 18.3 Å². The fourth-order valence-electron chi connectivity index (χ4n) is 2.76. The Labute approximate surface area is 106 Å². The number of anilines is 1. The third kappa shape index (κ3) is 1.49. The highest BCUT2D eigenvalue weighted by atomic mass is 32.2. The smallest absolute Gasteiger partial charge is 0.235 e. The highest BCUT2D eigenvalue weighted by Gasteiger charge is 2.48. The molecule has 1 aromatic carbocycles. The number of carbonyl (C=O) groups is 1. The van der Waals surface area contributed by atoms with Crippen molar-refractivity contribution >= 4 is 26.9 Å². The highest BCUT2D eigenvalue weighted by Crippen LogP contribution is 2.43. The number of hydrogen-bond donors (Lipinski definition) is 2. The van der Waals surface area contributed by atoms with E-state index < -0.39 is 15.7 Å². The van der Waals surface area contributed by atoms with E-state index in [2.05, 4.69) is 10.6 Å². The largest absolute Gasteiger partial charge is 0.325 e. The minimum Gasteiger partial charge on any atom is -0.325 e. The molecule has 2 N–H and O–H groups in total. The van der Waals surface area contributed by atoms with Gasteiger partial charge in [0.1, 0.15) is 4.99 Å². The van der Waals surface area contributed by atoms with Crippen LogP contribution in [0.5, 0.6) is 0 Å². The molecule has 2 heterocycles. The van der Waals surface area contributed by atoms with Gasteiger partial charge in [-0.1, -0.05) is 18.2 Å². The molecule has 0 saturated carbocycles. The van der Waals surface area contributed by atoms with E-state index in [1.807, 2.05) is 24.3 Å². The summed E-state index contributed by atoms with van der Waals surface area (Å²) in [5.74, 6) is -0.104. The van der Waals surface area contributed by atoms with Gasteiger partial charge in [0.15, 0.2) is 0 Å². The molecule has 1 amide bonds. The molecule has 18 heavy (non-hydrogen) atoms. The SMILES string of the molecule is O=C1Nc2ccccc2C12CCNC(=S(=O)=O)C2. The molecule has 1 fully saturated rings. The van der Waals surface area contributed by atoms with Crippen molar-refractivity contribution in [3.05, 3.63) is 29.8 Å². The van der Waals surface area contributed by atoms with E-state index in [1.54, 1.807) is 0 Å². The van der Waals surface area contributed by atoms with Gasteiger partial charge in [0.2, 0.25) is 16.2 Å². The zero-order valence-electron chi connectivity index (χ0n) is 9.56. The van der Waals surface area contributed by atoms with Gasteiger partial charge >= 0.3 is 0 Å². The minimum atomic E-state index is -2.29. The zero-order valence-corrected chi connectivity index (χ0v) is 10.4. The molecule has 1 atom stereocenters. The van der Waals surface area contributed by atoms with E-state index in [1.165, 1.54) is 0 Å². The molecule has 2 aliphatic rings. The van der Waals surface area contributed by atoms with E-state index in [0.29, 0.717) is 13.0 Å². The molecule has 3 rings (SSSR count). The number of carbonyl (C=O) groups excluding carboxylic acids is 1. The van der Waals surface area contributed by atoms with E-state index in [4.69, 9.17) is 0 Å². The average molecular weight is 264 g/mol. The first-order chi connectivity index (χ1) is 8.63. The van der Waals surface area contributed by atoms with Crippen LogP contribution in [-0.2, 0) is 20.5 Å². The van der Waals surface area contributed by atoms with Crippen LogP contribution < -0.4 is 10.6 Å². The number of para-hydroxylation sites is 1. The first kappa shape index (κ1) is 11.4. The fourth-order valence-corrected chi connectivity index (χ4v) is 3.34. The topological polar surface area (TPSA) is 75.3 Å². The van der Waals surface area contributed by atoms with Gasteiger partial charge in [-0.05, 0) is 18.1 Å². The Morgan fingerprint density at radius 1 is 1.22 bits per heavy atom. The van der Waals surface area contributed by atoms with E-state index >= 15 is 0 Å². The van der Waals surface area contributed by atoms with Crippen molar-refractivity contribution < 1.29 is 13.2 Å². The number of piperidine rings is 1. The van der Waals surface area contributed by atoms with Gasteiger partial charge in [-0.2, -0.15) is 8.42 Å². The number of fused-ring (bicyclic) bond motifs is 2. The monoisotopic (exact) mass is 264 g/mol. The standard InChI is InChI=1S/C12H12N2O3S/c15-11-12(5-6-13-10(7-12)18(16)17)8-3-1-2-4-9(8)14-11/h1-4,13H,5-7H2,(H,14,15). The zero-order chi connectivity index (χ0) is 12.8.